The zero-order valence-corrected chi connectivity index (χ0v) is 7.67. The summed E-state index contributed by atoms with van der Waals surface area (Å²) < 4.78 is 0. The molecule has 0 aromatic carbocycles. The van der Waals surface area contributed by atoms with Gasteiger partial charge >= 0.3 is 0 Å². The van der Waals surface area contributed by atoms with Crippen molar-refractivity contribution in [2.75, 3.05) is 13.1 Å². The van der Waals surface area contributed by atoms with Gasteiger partial charge in [-0.3, -0.25) is 4.90 Å². The maximum absolute atomic E-state index is 8.69. The minimum absolute atomic E-state index is 0.178. The number of terminal acetylenes is 1. The number of nitrogens with zero attached hydrogens (tertiary/aromatic N) is 2. The Labute approximate surface area is 74.2 Å². The molecule has 0 aliphatic carbocycles. The van der Waals surface area contributed by atoms with Gasteiger partial charge in [-0.15, -0.1) is 6.42 Å². The Hall–Kier alpha value is -0.990. The van der Waals surface area contributed by atoms with Crippen LogP contribution in [0.4, 0.5) is 0 Å². The van der Waals surface area contributed by atoms with Crippen molar-refractivity contribution in [1.29, 1.82) is 5.26 Å². The van der Waals surface area contributed by atoms with Crippen LogP contribution < -0.4 is 0 Å². The van der Waals surface area contributed by atoms with Crippen molar-refractivity contribution in [3.8, 4) is 18.4 Å². The standard InChI is InChI=1S/C10H14N2/c1-4-10(2,3)12-6-5-9(7-11)8-12/h1,9H,5-6,8H2,2-3H3. The molecule has 0 aromatic heterocycles. The largest absolute Gasteiger partial charge is 0.286 e. The summed E-state index contributed by atoms with van der Waals surface area (Å²) in [5.41, 5.74) is -0.189. The molecule has 1 rings (SSSR count). The van der Waals surface area contributed by atoms with Gasteiger partial charge in [0.1, 0.15) is 0 Å². The molecule has 2 nitrogen and oxygen atoms in total. The lowest BCUT2D eigenvalue weighted by molar-refractivity contribution is 0.210. The Balaban J connectivity index is 2.60. The molecular formula is C10H14N2. The topological polar surface area (TPSA) is 27.0 Å². The highest BCUT2D eigenvalue weighted by Crippen LogP contribution is 2.23. The van der Waals surface area contributed by atoms with Crippen LogP contribution in [-0.4, -0.2) is 23.5 Å². The Kier molecular flexibility index (Phi) is 2.40. The second-order valence-corrected chi connectivity index (χ2v) is 3.76. The number of hydrogen-bond donors (Lipinski definition) is 0. The van der Waals surface area contributed by atoms with E-state index in [-0.39, 0.29) is 11.5 Å². The van der Waals surface area contributed by atoms with Crippen LogP contribution in [-0.2, 0) is 0 Å². The van der Waals surface area contributed by atoms with Crippen molar-refractivity contribution in [3.63, 3.8) is 0 Å². The molecule has 0 N–H and O–H groups in total. The summed E-state index contributed by atoms with van der Waals surface area (Å²) in [4.78, 5) is 2.20. The van der Waals surface area contributed by atoms with E-state index < -0.39 is 0 Å². The SMILES string of the molecule is C#CC(C)(C)N1CCC(C#N)C1. The van der Waals surface area contributed by atoms with E-state index in [9.17, 15) is 0 Å². The van der Waals surface area contributed by atoms with Crippen LogP contribution in [0, 0.1) is 29.6 Å². The molecule has 2 heteroatoms. The van der Waals surface area contributed by atoms with Gasteiger partial charge < -0.3 is 0 Å². The Morgan fingerprint density at radius 1 is 1.58 bits per heavy atom. The van der Waals surface area contributed by atoms with Gasteiger partial charge in [0, 0.05) is 13.1 Å². The molecule has 64 valence electrons. The molecule has 1 aliphatic heterocycles. The van der Waals surface area contributed by atoms with Crippen molar-refractivity contribution < 1.29 is 0 Å². The van der Waals surface area contributed by atoms with Gasteiger partial charge in [-0.25, -0.2) is 0 Å². The maximum Gasteiger partial charge on any atom is 0.0766 e. The molecule has 0 aromatic rings. The third kappa shape index (κ3) is 1.60. The predicted octanol–water partition coefficient (Wildman–Crippen LogP) is 1.24. The Morgan fingerprint density at radius 3 is 2.67 bits per heavy atom. The Morgan fingerprint density at radius 2 is 2.25 bits per heavy atom. The highest BCUT2D eigenvalue weighted by atomic mass is 15.2. The average Bonchev–Trinajstić information content (AvgIpc) is 2.52. The van der Waals surface area contributed by atoms with Gasteiger partial charge in [-0.2, -0.15) is 5.26 Å². The van der Waals surface area contributed by atoms with Crippen LogP contribution in [0.2, 0.25) is 0 Å². The molecule has 1 aliphatic rings. The second kappa shape index (κ2) is 3.17. The molecule has 1 unspecified atom stereocenters. The Bertz CT molecular complexity index is 242. The first-order valence-electron chi connectivity index (χ1n) is 4.22. The number of rotatable bonds is 1. The zero-order chi connectivity index (χ0) is 9.19. The van der Waals surface area contributed by atoms with Crippen LogP contribution in [0.5, 0.6) is 0 Å². The summed E-state index contributed by atoms with van der Waals surface area (Å²) in [5.74, 6) is 2.92. The monoisotopic (exact) mass is 162 g/mol. The van der Waals surface area contributed by atoms with Gasteiger partial charge in [0.05, 0.1) is 17.5 Å². The summed E-state index contributed by atoms with van der Waals surface area (Å²) in [5, 5.41) is 8.69. The fraction of sp³-hybridized carbons (Fsp3) is 0.700. The van der Waals surface area contributed by atoms with Crippen LogP contribution in [0.1, 0.15) is 20.3 Å². The van der Waals surface area contributed by atoms with Gasteiger partial charge in [-0.05, 0) is 20.3 Å². The summed E-state index contributed by atoms with van der Waals surface area (Å²) in [7, 11) is 0. The molecule has 0 radical (unpaired) electrons. The van der Waals surface area contributed by atoms with Crippen molar-refractivity contribution >= 4 is 0 Å². The average molecular weight is 162 g/mol. The smallest absolute Gasteiger partial charge is 0.0766 e. The minimum Gasteiger partial charge on any atom is -0.286 e. The quantitative estimate of drug-likeness (QED) is 0.542. The van der Waals surface area contributed by atoms with E-state index in [0.717, 1.165) is 19.5 Å². The van der Waals surface area contributed by atoms with E-state index in [0.29, 0.717) is 0 Å². The van der Waals surface area contributed by atoms with Crippen LogP contribution in [0.15, 0.2) is 0 Å². The number of nitriles is 1. The van der Waals surface area contributed by atoms with Crippen LogP contribution in [0.3, 0.4) is 0 Å². The predicted molar refractivity (Wildman–Crippen MR) is 48.2 cm³/mol. The maximum atomic E-state index is 8.69. The molecular weight excluding hydrogens is 148 g/mol. The van der Waals surface area contributed by atoms with Crippen molar-refractivity contribution in [1.82, 2.24) is 4.90 Å². The molecule has 0 saturated carbocycles. The van der Waals surface area contributed by atoms with Gasteiger partial charge in [0.25, 0.3) is 0 Å². The lowest BCUT2D eigenvalue weighted by Crippen LogP contribution is -2.40. The van der Waals surface area contributed by atoms with Crippen molar-refractivity contribution in [2.45, 2.75) is 25.8 Å². The van der Waals surface area contributed by atoms with Gasteiger partial charge in [0.2, 0.25) is 0 Å². The van der Waals surface area contributed by atoms with E-state index in [1.807, 2.05) is 13.8 Å². The highest BCUT2D eigenvalue weighted by Gasteiger charge is 2.31. The summed E-state index contributed by atoms with van der Waals surface area (Å²) in [6.45, 7) is 5.82. The second-order valence-electron chi connectivity index (χ2n) is 3.76. The molecule has 1 fully saturated rings. The molecule has 0 spiro atoms. The lowest BCUT2D eigenvalue weighted by atomic mass is 10.1. The first kappa shape index (κ1) is 9.10. The van der Waals surface area contributed by atoms with E-state index in [2.05, 4.69) is 16.9 Å². The van der Waals surface area contributed by atoms with Crippen LogP contribution in [0.25, 0.3) is 0 Å². The lowest BCUT2D eigenvalue weighted by Gasteiger charge is -2.29. The van der Waals surface area contributed by atoms with Gasteiger partial charge in [-0.1, -0.05) is 5.92 Å². The normalized spacial score (nSPS) is 24.8. The molecule has 1 saturated heterocycles. The van der Waals surface area contributed by atoms with Crippen LogP contribution >= 0.6 is 0 Å². The number of likely N-dealkylation sites (tertiary alicyclic amines) is 1. The van der Waals surface area contributed by atoms with Crippen molar-refractivity contribution in [2.24, 2.45) is 5.92 Å². The van der Waals surface area contributed by atoms with E-state index in [4.69, 9.17) is 11.7 Å². The van der Waals surface area contributed by atoms with E-state index in [1.165, 1.54) is 0 Å². The zero-order valence-electron chi connectivity index (χ0n) is 7.67. The summed E-state index contributed by atoms with van der Waals surface area (Å²) in [6.07, 6.45) is 6.36. The number of hydrogen-bond acceptors (Lipinski definition) is 2. The van der Waals surface area contributed by atoms with Crippen molar-refractivity contribution in [3.05, 3.63) is 0 Å². The summed E-state index contributed by atoms with van der Waals surface area (Å²) >= 11 is 0. The highest BCUT2D eigenvalue weighted by molar-refractivity contribution is 5.11. The minimum atomic E-state index is -0.189. The van der Waals surface area contributed by atoms with Gasteiger partial charge in [0.15, 0.2) is 0 Å². The molecule has 0 bridgehead atoms. The third-order valence-electron chi connectivity index (χ3n) is 2.51. The first-order valence-corrected chi connectivity index (χ1v) is 4.22. The molecule has 12 heavy (non-hydrogen) atoms. The molecule has 1 heterocycles. The fourth-order valence-electron chi connectivity index (χ4n) is 1.46. The first-order chi connectivity index (χ1) is 5.60. The molecule has 0 amide bonds. The third-order valence-corrected chi connectivity index (χ3v) is 2.51. The fourth-order valence-corrected chi connectivity index (χ4v) is 1.46. The summed E-state index contributed by atoms with van der Waals surface area (Å²) in [6, 6.07) is 2.28. The van der Waals surface area contributed by atoms with E-state index >= 15 is 0 Å². The van der Waals surface area contributed by atoms with E-state index in [1.54, 1.807) is 0 Å². The molecule has 1 atom stereocenters.